The Balaban J connectivity index is 1.33. The highest BCUT2D eigenvalue weighted by molar-refractivity contribution is 5.90. The number of carbonyl (C=O) groups excluding carboxylic acids is 4. The summed E-state index contributed by atoms with van der Waals surface area (Å²) in [5.74, 6) is -0.789. The Morgan fingerprint density at radius 1 is 0.521 bits per heavy atom. The van der Waals surface area contributed by atoms with Crippen LogP contribution in [-0.4, -0.2) is 46.0 Å². The van der Waals surface area contributed by atoms with Gasteiger partial charge in [0.05, 0.1) is 0 Å². The Morgan fingerprint density at radius 3 is 1.08 bits per heavy atom. The van der Waals surface area contributed by atoms with Gasteiger partial charge in [-0.25, -0.2) is 9.59 Å². The van der Waals surface area contributed by atoms with E-state index in [0.29, 0.717) is 68.8 Å². The van der Waals surface area contributed by atoms with Crippen molar-refractivity contribution in [3.8, 4) is 23.0 Å². The maximum atomic E-state index is 13.3. The molecule has 4 N–H and O–H groups in total. The van der Waals surface area contributed by atoms with Crippen LogP contribution < -0.4 is 20.1 Å². The number of ether oxygens (including phenoxy) is 2. The van der Waals surface area contributed by atoms with Crippen molar-refractivity contribution in [3.63, 3.8) is 0 Å². The number of aromatic hydroxyl groups is 2. The maximum Gasteiger partial charge on any atom is 0.334 e. The molecule has 244 valence electrons. The number of hydrogen-bond donors (Lipinski definition) is 4. The van der Waals surface area contributed by atoms with Crippen LogP contribution in [0.1, 0.15) is 70.2 Å². The zero-order valence-corrected chi connectivity index (χ0v) is 26.1. The minimum absolute atomic E-state index is 0.0592. The fourth-order valence-electron chi connectivity index (χ4n) is 6.70. The van der Waals surface area contributed by atoms with Gasteiger partial charge in [-0.1, -0.05) is 72.8 Å². The first-order valence-electron chi connectivity index (χ1n) is 16.1. The molecule has 2 amide bonds. The number of esters is 2. The monoisotopic (exact) mass is 646 g/mol. The minimum Gasteiger partial charge on any atom is -0.507 e. The highest BCUT2D eigenvalue weighted by Crippen LogP contribution is 2.38. The topological polar surface area (TPSA) is 151 Å². The average Bonchev–Trinajstić information content (AvgIpc) is 3.71. The van der Waals surface area contributed by atoms with Crippen molar-refractivity contribution in [2.45, 2.75) is 63.5 Å². The summed E-state index contributed by atoms with van der Waals surface area (Å²) in [5.41, 5.74) is 4.97. The van der Waals surface area contributed by atoms with Crippen molar-refractivity contribution in [2.24, 2.45) is 0 Å². The number of carbonyl (C=O) groups is 4. The van der Waals surface area contributed by atoms with E-state index in [1.165, 1.54) is 0 Å². The third-order valence-electron chi connectivity index (χ3n) is 9.25. The molecule has 0 radical (unpaired) electrons. The van der Waals surface area contributed by atoms with Crippen molar-refractivity contribution in [1.82, 2.24) is 10.6 Å². The first kappa shape index (κ1) is 31.0. The van der Waals surface area contributed by atoms with Crippen molar-refractivity contribution < 1.29 is 38.9 Å². The smallest absolute Gasteiger partial charge is 0.334 e. The van der Waals surface area contributed by atoms with Gasteiger partial charge in [0.2, 0.25) is 11.8 Å². The van der Waals surface area contributed by atoms with Crippen LogP contribution in [0.4, 0.5) is 0 Å². The van der Waals surface area contributed by atoms with Gasteiger partial charge in [0, 0.05) is 38.5 Å². The number of amides is 2. The molecule has 0 unspecified atom stereocenters. The number of phenols is 2. The Hall–Kier alpha value is -5.64. The number of para-hydroxylation sites is 4. The Labute approximate surface area is 276 Å². The summed E-state index contributed by atoms with van der Waals surface area (Å²) in [6.07, 6.45) is 2.07. The molecule has 1 aliphatic carbocycles. The van der Waals surface area contributed by atoms with Crippen molar-refractivity contribution in [2.75, 3.05) is 0 Å². The molecule has 0 saturated carbocycles. The highest BCUT2D eigenvalue weighted by atomic mass is 16.5. The summed E-state index contributed by atoms with van der Waals surface area (Å²) in [6.45, 7) is 0. The number of fused-ring (bicyclic) bond motifs is 8. The first-order chi connectivity index (χ1) is 23.2. The Kier molecular flexibility index (Phi) is 8.31. The van der Waals surface area contributed by atoms with Gasteiger partial charge in [-0.2, -0.15) is 0 Å². The fraction of sp³-hybridized carbons (Fsp3) is 0.263. The van der Waals surface area contributed by atoms with Crippen molar-refractivity contribution in [3.05, 3.63) is 117 Å². The van der Waals surface area contributed by atoms with Gasteiger partial charge in [-0.15, -0.1) is 0 Å². The standard InChI is InChI=1S/C38H34N2O8/c41-31-15-13-29(39-31)37(45)47-35-25-9-3-11-27(35)19-23-7-2-8-24(34(23)44)20-28-12-4-10-26(18-22-6-1-5-21(17-25)33(22)43)36(28)48-38(46)30-14-16-32(42)40-30/h1-12,29-30,43-44H,13-20H2,(H,39,41)(H,40,42)/t29-,30-/m0/s1. The number of benzene rings is 4. The molecule has 2 saturated heterocycles. The molecular weight excluding hydrogens is 612 g/mol. The van der Waals surface area contributed by atoms with Gasteiger partial charge >= 0.3 is 11.9 Å². The van der Waals surface area contributed by atoms with Gasteiger partial charge in [0.1, 0.15) is 35.1 Å². The SMILES string of the molecule is O=C1CC[C@@H](C(=O)Oc2c3cccc2Cc2cccc(c2O)Cc2cccc(c2OC(=O)[C@@H]2CCC(=O)N2)Cc2cccc(c2O)C3)N1. The Bertz CT molecular complexity index is 1740. The molecular formula is C38H34N2O8. The van der Waals surface area contributed by atoms with Crippen molar-refractivity contribution in [1.29, 1.82) is 0 Å². The van der Waals surface area contributed by atoms with E-state index < -0.39 is 24.0 Å². The van der Waals surface area contributed by atoms with E-state index in [1.807, 2.05) is 48.5 Å². The third kappa shape index (κ3) is 6.21. The minimum atomic E-state index is -0.757. The number of phenolic OH excluding ortho intramolecular Hbond substituents is 2. The van der Waals surface area contributed by atoms with Crippen LogP contribution in [0.25, 0.3) is 0 Å². The lowest BCUT2D eigenvalue weighted by atomic mass is 9.91. The summed E-state index contributed by atoms with van der Waals surface area (Å²) < 4.78 is 12.0. The summed E-state index contributed by atoms with van der Waals surface area (Å²) in [6, 6.07) is 20.4. The highest BCUT2D eigenvalue weighted by Gasteiger charge is 2.32. The predicted octanol–water partition coefficient (Wildman–Crippen LogP) is 4.14. The quantitative estimate of drug-likeness (QED) is 0.168. The molecule has 8 bridgehead atoms. The van der Waals surface area contributed by atoms with Gasteiger partial charge in [0.15, 0.2) is 0 Å². The van der Waals surface area contributed by atoms with Gasteiger partial charge in [-0.3, -0.25) is 9.59 Å². The van der Waals surface area contributed by atoms with Crippen molar-refractivity contribution >= 4 is 23.8 Å². The van der Waals surface area contributed by atoms with Crippen LogP contribution in [0.15, 0.2) is 72.8 Å². The molecule has 2 aliphatic heterocycles. The number of rotatable bonds is 4. The second-order valence-corrected chi connectivity index (χ2v) is 12.5. The van der Waals surface area contributed by atoms with E-state index in [1.54, 1.807) is 24.3 Å². The number of hydrogen-bond acceptors (Lipinski definition) is 8. The molecule has 10 heteroatoms. The zero-order chi connectivity index (χ0) is 33.4. The molecule has 7 rings (SSSR count). The lowest BCUT2D eigenvalue weighted by molar-refractivity contribution is -0.138. The number of nitrogens with one attached hydrogen (secondary N) is 2. The molecule has 2 atom stereocenters. The second kappa shape index (κ2) is 12.9. The molecule has 2 fully saturated rings. The first-order valence-corrected chi connectivity index (χ1v) is 16.1. The second-order valence-electron chi connectivity index (χ2n) is 12.5. The van der Waals surface area contributed by atoms with Crippen LogP contribution in [0.5, 0.6) is 23.0 Å². The third-order valence-corrected chi connectivity index (χ3v) is 9.25. The van der Waals surface area contributed by atoms with E-state index in [0.717, 1.165) is 0 Å². The normalized spacial score (nSPS) is 18.5. The van der Waals surface area contributed by atoms with E-state index in [-0.39, 0.29) is 61.8 Å². The largest absolute Gasteiger partial charge is 0.507 e. The summed E-state index contributed by atoms with van der Waals surface area (Å²) in [5, 5.41) is 28.5. The van der Waals surface area contributed by atoms with E-state index >= 15 is 0 Å². The molecule has 4 aromatic carbocycles. The molecule has 4 aromatic rings. The molecule has 0 aromatic heterocycles. The summed E-state index contributed by atoms with van der Waals surface area (Å²) in [4.78, 5) is 50.2. The summed E-state index contributed by atoms with van der Waals surface area (Å²) >= 11 is 0. The molecule has 3 aliphatic rings. The van der Waals surface area contributed by atoms with Crippen LogP contribution in [0.2, 0.25) is 0 Å². The average molecular weight is 647 g/mol. The lowest BCUT2D eigenvalue weighted by Gasteiger charge is -2.20. The van der Waals surface area contributed by atoms with Crippen LogP contribution in [0.3, 0.4) is 0 Å². The fourth-order valence-corrected chi connectivity index (χ4v) is 6.70. The van der Waals surface area contributed by atoms with Crippen LogP contribution in [0, 0.1) is 0 Å². The molecule has 10 nitrogen and oxygen atoms in total. The van der Waals surface area contributed by atoms with E-state index in [2.05, 4.69) is 10.6 Å². The van der Waals surface area contributed by atoms with Crippen LogP contribution >= 0.6 is 0 Å². The maximum absolute atomic E-state index is 13.3. The molecule has 48 heavy (non-hydrogen) atoms. The molecule has 0 spiro atoms. The van der Waals surface area contributed by atoms with Gasteiger partial charge in [-0.05, 0) is 57.3 Å². The van der Waals surface area contributed by atoms with E-state index in [4.69, 9.17) is 9.47 Å². The zero-order valence-electron chi connectivity index (χ0n) is 26.1. The molecule has 2 heterocycles. The van der Waals surface area contributed by atoms with Gasteiger partial charge in [0.25, 0.3) is 0 Å². The predicted molar refractivity (Wildman–Crippen MR) is 174 cm³/mol. The lowest BCUT2D eigenvalue weighted by Crippen LogP contribution is -2.36. The Morgan fingerprint density at radius 2 is 0.812 bits per heavy atom. The van der Waals surface area contributed by atoms with Crippen LogP contribution in [-0.2, 0) is 44.9 Å². The van der Waals surface area contributed by atoms with Gasteiger partial charge < -0.3 is 30.3 Å². The summed E-state index contributed by atoms with van der Waals surface area (Å²) in [7, 11) is 0. The van der Waals surface area contributed by atoms with E-state index in [9.17, 15) is 29.4 Å².